The Labute approximate surface area is 190 Å². The van der Waals surface area contributed by atoms with Crippen molar-refractivity contribution in [3.05, 3.63) is 53.6 Å². The molecule has 3 aromatic rings. The summed E-state index contributed by atoms with van der Waals surface area (Å²) in [5.74, 6) is 1.10. The van der Waals surface area contributed by atoms with Gasteiger partial charge in [-0.3, -0.25) is 14.8 Å². The zero-order valence-electron chi connectivity index (χ0n) is 19.3. The fraction of sp³-hybridized carbons (Fsp3) is 0.538. The van der Waals surface area contributed by atoms with Gasteiger partial charge in [0.1, 0.15) is 5.82 Å². The maximum absolute atomic E-state index is 5.09. The summed E-state index contributed by atoms with van der Waals surface area (Å²) in [6.07, 6.45) is 8.20. The number of H-pyrrole nitrogens is 1. The Bertz CT molecular complexity index is 1090. The van der Waals surface area contributed by atoms with Crippen LogP contribution >= 0.6 is 0 Å². The Hall–Kier alpha value is -2.44. The van der Waals surface area contributed by atoms with Gasteiger partial charge in [0, 0.05) is 38.4 Å². The van der Waals surface area contributed by atoms with Gasteiger partial charge in [0.25, 0.3) is 0 Å². The number of para-hydroxylation sites is 1. The summed E-state index contributed by atoms with van der Waals surface area (Å²) in [4.78, 5) is 21.3. The van der Waals surface area contributed by atoms with Gasteiger partial charge in [0.05, 0.1) is 34.5 Å². The van der Waals surface area contributed by atoms with Crippen LogP contribution in [0, 0.1) is 6.92 Å². The lowest BCUT2D eigenvalue weighted by atomic mass is 9.92. The van der Waals surface area contributed by atoms with Crippen LogP contribution in [0.25, 0.3) is 11.0 Å². The van der Waals surface area contributed by atoms with Crippen molar-refractivity contribution < 1.29 is 0 Å². The van der Waals surface area contributed by atoms with Gasteiger partial charge >= 0.3 is 0 Å². The first kappa shape index (κ1) is 20.2. The second-order valence-corrected chi connectivity index (χ2v) is 9.88. The first-order valence-corrected chi connectivity index (χ1v) is 12.3. The fourth-order valence-corrected chi connectivity index (χ4v) is 5.86. The lowest BCUT2D eigenvalue weighted by molar-refractivity contribution is 0.107. The molecule has 2 aromatic heterocycles. The lowest BCUT2D eigenvalue weighted by Crippen LogP contribution is -2.47. The summed E-state index contributed by atoms with van der Waals surface area (Å²) in [5, 5.41) is 0. The van der Waals surface area contributed by atoms with E-state index in [0.29, 0.717) is 12.1 Å². The van der Waals surface area contributed by atoms with Gasteiger partial charge in [-0.25, -0.2) is 4.98 Å². The highest BCUT2D eigenvalue weighted by atomic mass is 15.3. The maximum Gasteiger partial charge on any atom is 0.124 e. The Balaban J connectivity index is 1.27. The van der Waals surface area contributed by atoms with Crippen LogP contribution in [0.4, 0.5) is 5.69 Å². The Morgan fingerprint density at radius 2 is 1.75 bits per heavy atom. The summed E-state index contributed by atoms with van der Waals surface area (Å²) in [5.41, 5.74) is 6.10. The fourth-order valence-electron chi connectivity index (χ4n) is 5.86. The van der Waals surface area contributed by atoms with Crippen LogP contribution in [0.5, 0.6) is 0 Å². The molecule has 0 amide bonds. The Morgan fingerprint density at radius 1 is 0.938 bits per heavy atom. The van der Waals surface area contributed by atoms with Crippen LogP contribution in [0.15, 0.2) is 36.5 Å². The minimum absolute atomic E-state index is 0.294. The highest BCUT2D eigenvalue weighted by molar-refractivity contribution is 5.89. The zero-order valence-corrected chi connectivity index (χ0v) is 19.3. The number of rotatable bonds is 4. The molecule has 1 N–H and O–H groups in total. The molecule has 0 unspecified atom stereocenters. The van der Waals surface area contributed by atoms with Crippen LogP contribution in [0.1, 0.15) is 61.3 Å². The summed E-state index contributed by atoms with van der Waals surface area (Å²) in [7, 11) is 2.24. The van der Waals surface area contributed by atoms with Gasteiger partial charge < -0.3 is 9.88 Å². The Kier molecular flexibility index (Phi) is 5.15. The van der Waals surface area contributed by atoms with E-state index >= 15 is 0 Å². The van der Waals surface area contributed by atoms with Gasteiger partial charge in [-0.15, -0.1) is 0 Å². The van der Waals surface area contributed by atoms with E-state index in [4.69, 9.17) is 9.97 Å². The molecule has 6 heteroatoms. The zero-order chi connectivity index (χ0) is 21.7. The molecule has 1 aromatic carbocycles. The van der Waals surface area contributed by atoms with Gasteiger partial charge in [0.2, 0.25) is 0 Å². The molecule has 0 spiro atoms. The number of anilines is 1. The van der Waals surface area contributed by atoms with Crippen LogP contribution < -0.4 is 4.90 Å². The second kappa shape index (κ2) is 8.16. The third-order valence-corrected chi connectivity index (χ3v) is 7.85. The summed E-state index contributed by atoms with van der Waals surface area (Å²) in [6.45, 7) is 6.75. The summed E-state index contributed by atoms with van der Waals surface area (Å²) in [6, 6.07) is 12.3. The third-order valence-electron chi connectivity index (χ3n) is 7.85. The monoisotopic (exact) mass is 430 g/mol. The Morgan fingerprint density at radius 3 is 2.53 bits per heavy atom. The van der Waals surface area contributed by atoms with Crippen LogP contribution in [0.2, 0.25) is 0 Å². The van der Waals surface area contributed by atoms with E-state index in [1.165, 1.54) is 54.8 Å². The number of fused-ring (bicyclic) bond motifs is 1. The number of likely N-dealkylation sites (tertiary alicyclic amines) is 1. The maximum atomic E-state index is 5.09. The number of aromatic nitrogens is 3. The normalized spacial score (nSPS) is 25.5. The van der Waals surface area contributed by atoms with E-state index in [2.05, 4.69) is 57.9 Å². The molecule has 3 aliphatic rings. The molecule has 32 heavy (non-hydrogen) atoms. The van der Waals surface area contributed by atoms with Gasteiger partial charge in [0.15, 0.2) is 0 Å². The number of pyridine rings is 1. The number of nitrogens with zero attached hydrogens (tertiary/aromatic N) is 5. The average molecular weight is 431 g/mol. The van der Waals surface area contributed by atoms with Crippen LogP contribution in [0.3, 0.4) is 0 Å². The molecule has 1 saturated carbocycles. The van der Waals surface area contributed by atoms with Crippen molar-refractivity contribution in [1.82, 2.24) is 24.8 Å². The van der Waals surface area contributed by atoms with Crippen molar-refractivity contribution in [3.8, 4) is 0 Å². The van der Waals surface area contributed by atoms with Gasteiger partial charge in [-0.2, -0.15) is 0 Å². The molecule has 2 atom stereocenters. The molecule has 6 rings (SSSR count). The molecule has 3 fully saturated rings. The van der Waals surface area contributed by atoms with E-state index in [-0.39, 0.29) is 0 Å². The van der Waals surface area contributed by atoms with Crippen molar-refractivity contribution in [2.24, 2.45) is 0 Å². The molecule has 0 bridgehead atoms. The minimum atomic E-state index is 0.294. The molecule has 0 radical (unpaired) electrons. The van der Waals surface area contributed by atoms with E-state index in [9.17, 15) is 0 Å². The van der Waals surface area contributed by atoms with Crippen molar-refractivity contribution in [2.75, 3.05) is 38.1 Å². The van der Waals surface area contributed by atoms with E-state index in [0.717, 1.165) is 43.3 Å². The number of hydrogen-bond donors (Lipinski definition) is 1. The SMILES string of the molecule is Cc1cccnc1[C@@H]1CCC[C@H](c2nc3cccc(N4CCN(C5CC5)CC4)c3[nH]2)N1C. The standard InChI is InChI=1S/C26H34N6/c1-18-6-5-13-27-24(18)21-8-4-10-23(30(21)2)26-28-20-7-3-9-22(25(20)29-26)32-16-14-31(15-17-32)19-11-12-19/h3,5-7,9,13,19,21,23H,4,8,10-12,14-17H2,1-2H3,(H,28,29)/t21-,23+/m0/s1. The topological polar surface area (TPSA) is 51.3 Å². The van der Waals surface area contributed by atoms with Crippen molar-refractivity contribution in [3.63, 3.8) is 0 Å². The highest BCUT2D eigenvalue weighted by Gasteiger charge is 2.34. The van der Waals surface area contributed by atoms with Crippen molar-refractivity contribution in [2.45, 2.75) is 57.2 Å². The van der Waals surface area contributed by atoms with E-state index in [1.807, 2.05) is 12.3 Å². The number of nitrogens with one attached hydrogen (secondary N) is 1. The number of hydrogen-bond acceptors (Lipinski definition) is 5. The highest BCUT2D eigenvalue weighted by Crippen LogP contribution is 2.40. The number of aryl methyl sites for hydroxylation is 1. The number of piperazine rings is 1. The predicted molar refractivity (Wildman–Crippen MR) is 129 cm³/mol. The molecule has 2 aliphatic heterocycles. The molecular formula is C26H34N6. The summed E-state index contributed by atoms with van der Waals surface area (Å²) >= 11 is 0. The molecule has 1 aliphatic carbocycles. The minimum Gasteiger partial charge on any atom is -0.367 e. The molecular weight excluding hydrogens is 396 g/mol. The predicted octanol–water partition coefficient (Wildman–Crippen LogP) is 4.45. The first-order valence-electron chi connectivity index (χ1n) is 12.3. The van der Waals surface area contributed by atoms with Crippen molar-refractivity contribution >= 4 is 16.7 Å². The largest absolute Gasteiger partial charge is 0.367 e. The lowest BCUT2D eigenvalue weighted by Gasteiger charge is -2.38. The molecule has 2 saturated heterocycles. The van der Waals surface area contributed by atoms with Crippen LogP contribution in [-0.2, 0) is 0 Å². The second-order valence-electron chi connectivity index (χ2n) is 9.88. The number of imidazole rings is 1. The van der Waals surface area contributed by atoms with Gasteiger partial charge in [-0.1, -0.05) is 12.1 Å². The van der Waals surface area contributed by atoms with Crippen molar-refractivity contribution in [1.29, 1.82) is 0 Å². The number of piperidine rings is 1. The summed E-state index contributed by atoms with van der Waals surface area (Å²) < 4.78 is 0. The van der Waals surface area contributed by atoms with E-state index in [1.54, 1.807) is 0 Å². The van der Waals surface area contributed by atoms with Crippen LogP contribution in [-0.4, -0.2) is 64.0 Å². The first-order chi connectivity index (χ1) is 15.7. The smallest absolute Gasteiger partial charge is 0.124 e. The van der Waals surface area contributed by atoms with Gasteiger partial charge in [-0.05, 0) is 69.8 Å². The third kappa shape index (κ3) is 3.59. The molecule has 4 heterocycles. The molecule has 168 valence electrons. The number of aromatic amines is 1. The van der Waals surface area contributed by atoms with E-state index < -0.39 is 0 Å². The average Bonchev–Trinajstić information content (AvgIpc) is 3.58. The number of benzene rings is 1. The quantitative estimate of drug-likeness (QED) is 0.663. The molecule has 6 nitrogen and oxygen atoms in total.